The highest BCUT2D eigenvalue weighted by Crippen LogP contribution is 2.26. The van der Waals surface area contributed by atoms with E-state index < -0.39 is 16.1 Å². The summed E-state index contributed by atoms with van der Waals surface area (Å²) in [6.07, 6.45) is 2.63. The molecule has 3 aromatic carbocycles. The van der Waals surface area contributed by atoms with E-state index in [4.69, 9.17) is 11.6 Å². The number of anilines is 1. The average molecular weight is 598 g/mol. The van der Waals surface area contributed by atoms with E-state index in [9.17, 15) is 18.0 Å². The van der Waals surface area contributed by atoms with Crippen molar-refractivity contribution in [2.75, 3.05) is 23.7 Å². The minimum atomic E-state index is -3.58. The Hall–Kier alpha value is -3.36. The number of carbonyl (C=O) groups is 2. The highest BCUT2D eigenvalue weighted by atomic mass is 35.5. The van der Waals surface area contributed by atoms with Crippen LogP contribution in [0.5, 0.6) is 0 Å². The molecule has 0 bridgehead atoms. The molecule has 1 atom stereocenters. The van der Waals surface area contributed by atoms with Gasteiger partial charge in [-0.25, -0.2) is 8.42 Å². The van der Waals surface area contributed by atoms with E-state index in [0.717, 1.165) is 28.7 Å². The van der Waals surface area contributed by atoms with Crippen molar-refractivity contribution in [2.24, 2.45) is 0 Å². The number of halogens is 1. The highest BCUT2D eigenvalue weighted by Gasteiger charge is 2.31. The third kappa shape index (κ3) is 9.07. The maximum Gasteiger partial charge on any atom is 0.243 e. The Morgan fingerprint density at radius 2 is 1.63 bits per heavy atom. The van der Waals surface area contributed by atoms with Crippen LogP contribution >= 0.6 is 11.6 Å². The molecule has 3 rings (SSSR count). The smallest absolute Gasteiger partial charge is 0.243 e. The van der Waals surface area contributed by atoms with E-state index in [1.807, 2.05) is 81.4 Å². The van der Waals surface area contributed by atoms with Crippen LogP contribution in [0.3, 0.4) is 0 Å². The standard InChI is InChI=1S/C32H40ClN3O4S/c1-5-20-34-32(38)30(22-26-14-7-6-8-15-26)35(23-27-16-9-10-17-28(27)33)31(37)19-12-21-36(41(4,39)40)29-18-11-13-24(2)25(29)3/h6-11,13-18,30H,5,12,19-23H2,1-4H3,(H,34,38)/t30-/m1/s1. The molecule has 1 N–H and O–H groups in total. The number of hydrogen-bond donors (Lipinski definition) is 1. The minimum Gasteiger partial charge on any atom is -0.354 e. The second kappa shape index (κ2) is 15.0. The van der Waals surface area contributed by atoms with Gasteiger partial charge in [0.1, 0.15) is 6.04 Å². The van der Waals surface area contributed by atoms with E-state index in [1.54, 1.807) is 17.0 Å². The molecule has 0 unspecified atom stereocenters. The Morgan fingerprint density at radius 3 is 2.29 bits per heavy atom. The maximum absolute atomic E-state index is 13.9. The molecule has 0 saturated carbocycles. The first kappa shape index (κ1) is 32.2. The molecular formula is C32H40ClN3O4S. The molecule has 0 aliphatic carbocycles. The molecule has 41 heavy (non-hydrogen) atoms. The number of hydrogen-bond acceptors (Lipinski definition) is 4. The topological polar surface area (TPSA) is 86.8 Å². The summed E-state index contributed by atoms with van der Waals surface area (Å²) in [7, 11) is -3.58. The summed E-state index contributed by atoms with van der Waals surface area (Å²) in [5.74, 6) is -0.476. The summed E-state index contributed by atoms with van der Waals surface area (Å²) in [5, 5.41) is 3.47. The molecule has 0 spiro atoms. The van der Waals surface area contributed by atoms with E-state index in [1.165, 1.54) is 10.6 Å². The first-order valence-corrected chi connectivity index (χ1v) is 16.1. The number of aryl methyl sites for hydroxylation is 1. The van der Waals surface area contributed by atoms with Crippen LogP contribution in [-0.2, 0) is 32.6 Å². The number of nitrogens with zero attached hydrogens (tertiary/aromatic N) is 2. The molecule has 0 aliphatic rings. The van der Waals surface area contributed by atoms with Crippen molar-refractivity contribution in [3.63, 3.8) is 0 Å². The van der Waals surface area contributed by atoms with Crippen molar-refractivity contribution in [3.05, 3.63) is 100 Å². The van der Waals surface area contributed by atoms with E-state index in [0.29, 0.717) is 23.7 Å². The van der Waals surface area contributed by atoms with E-state index in [-0.39, 0.29) is 37.7 Å². The van der Waals surface area contributed by atoms with Gasteiger partial charge in [0.25, 0.3) is 0 Å². The number of sulfonamides is 1. The summed E-state index contributed by atoms with van der Waals surface area (Å²) >= 11 is 6.48. The van der Waals surface area contributed by atoms with Gasteiger partial charge in [0.2, 0.25) is 21.8 Å². The third-order valence-corrected chi connectivity index (χ3v) is 8.66. The molecule has 220 valence electrons. The highest BCUT2D eigenvalue weighted by molar-refractivity contribution is 7.92. The predicted octanol–water partition coefficient (Wildman–Crippen LogP) is 5.67. The number of nitrogens with one attached hydrogen (secondary N) is 1. The summed E-state index contributed by atoms with van der Waals surface area (Å²) < 4.78 is 26.9. The first-order chi connectivity index (χ1) is 19.5. The van der Waals surface area contributed by atoms with Gasteiger partial charge in [-0.2, -0.15) is 0 Å². The molecule has 3 aromatic rings. The second-order valence-electron chi connectivity index (χ2n) is 10.3. The molecule has 0 aliphatic heterocycles. The maximum atomic E-state index is 13.9. The van der Waals surface area contributed by atoms with Crippen molar-refractivity contribution in [1.29, 1.82) is 0 Å². The van der Waals surface area contributed by atoms with Crippen LogP contribution in [0.25, 0.3) is 0 Å². The Morgan fingerprint density at radius 1 is 0.951 bits per heavy atom. The summed E-state index contributed by atoms with van der Waals surface area (Å²) in [6.45, 7) is 6.59. The van der Waals surface area contributed by atoms with Crippen molar-refractivity contribution in [3.8, 4) is 0 Å². The molecule has 2 amide bonds. The van der Waals surface area contributed by atoms with Gasteiger partial charge in [0.05, 0.1) is 11.9 Å². The second-order valence-corrected chi connectivity index (χ2v) is 12.6. The van der Waals surface area contributed by atoms with E-state index in [2.05, 4.69) is 5.32 Å². The fraction of sp³-hybridized carbons (Fsp3) is 0.375. The van der Waals surface area contributed by atoms with Crippen LogP contribution in [0.1, 0.15) is 48.4 Å². The van der Waals surface area contributed by atoms with Gasteiger partial charge in [-0.15, -0.1) is 0 Å². The van der Waals surface area contributed by atoms with Gasteiger partial charge in [0, 0.05) is 37.5 Å². The molecule has 0 fully saturated rings. The Balaban J connectivity index is 1.90. The van der Waals surface area contributed by atoms with Crippen molar-refractivity contribution in [1.82, 2.24) is 10.2 Å². The van der Waals surface area contributed by atoms with Crippen LogP contribution in [-0.4, -0.2) is 50.5 Å². The lowest BCUT2D eigenvalue weighted by atomic mass is 10.0. The quantitative estimate of drug-likeness (QED) is 0.259. The van der Waals surface area contributed by atoms with Crippen LogP contribution < -0.4 is 9.62 Å². The first-order valence-electron chi connectivity index (χ1n) is 13.9. The normalized spacial score (nSPS) is 12.0. The Kier molecular flexibility index (Phi) is 11.8. The number of carbonyl (C=O) groups excluding carboxylic acids is 2. The number of benzene rings is 3. The SMILES string of the molecule is CCCNC(=O)[C@@H](Cc1ccccc1)N(Cc1ccccc1Cl)C(=O)CCCN(c1cccc(C)c1C)S(C)(=O)=O. The van der Waals surface area contributed by atoms with Crippen molar-refractivity contribution >= 4 is 39.1 Å². The molecule has 0 radical (unpaired) electrons. The van der Waals surface area contributed by atoms with Crippen LogP contribution in [0, 0.1) is 13.8 Å². The molecule has 0 aromatic heterocycles. The molecule has 9 heteroatoms. The fourth-order valence-corrected chi connectivity index (χ4v) is 5.93. The molecule has 0 heterocycles. The van der Waals surface area contributed by atoms with Crippen molar-refractivity contribution in [2.45, 2.75) is 59.0 Å². The van der Waals surface area contributed by atoms with Crippen molar-refractivity contribution < 1.29 is 18.0 Å². The lowest BCUT2D eigenvalue weighted by Crippen LogP contribution is -2.50. The Labute approximate surface area is 249 Å². The summed E-state index contributed by atoms with van der Waals surface area (Å²) in [5.41, 5.74) is 4.13. The Bertz CT molecular complexity index is 1430. The zero-order valence-corrected chi connectivity index (χ0v) is 25.8. The number of amides is 2. The predicted molar refractivity (Wildman–Crippen MR) is 167 cm³/mol. The largest absolute Gasteiger partial charge is 0.354 e. The summed E-state index contributed by atoms with van der Waals surface area (Å²) in [6, 6.07) is 21.6. The van der Waals surface area contributed by atoms with Gasteiger partial charge < -0.3 is 10.2 Å². The van der Waals surface area contributed by atoms with Crippen LogP contribution in [0.4, 0.5) is 5.69 Å². The monoisotopic (exact) mass is 597 g/mol. The fourth-order valence-electron chi connectivity index (χ4n) is 4.72. The minimum absolute atomic E-state index is 0.0632. The van der Waals surface area contributed by atoms with Gasteiger partial charge in [0.15, 0.2) is 0 Å². The van der Waals surface area contributed by atoms with Gasteiger partial charge in [-0.05, 0) is 61.1 Å². The zero-order valence-electron chi connectivity index (χ0n) is 24.3. The summed E-state index contributed by atoms with van der Waals surface area (Å²) in [4.78, 5) is 28.9. The van der Waals surface area contributed by atoms with Crippen LogP contribution in [0.15, 0.2) is 72.8 Å². The number of rotatable bonds is 14. The molecule has 7 nitrogen and oxygen atoms in total. The van der Waals surface area contributed by atoms with Gasteiger partial charge in [-0.1, -0.05) is 79.2 Å². The third-order valence-electron chi connectivity index (χ3n) is 7.12. The molecule has 0 saturated heterocycles. The van der Waals surface area contributed by atoms with Gasteiger partial charge in [-0.3, -0.25) is 13.9 Å². The average Bonchev–Trinajstić information content (AvgIpc) is 2.94. The lowest BCUT2D eigenvalue weighted by Gasteiger charge is -2.32. The zero-order chi connectivity index (χ0) is 30.0. The lowest BCUT2D eigenvalue weighted by molar-refractivity contribution is -0.141. The van der Waals surface area contributed by atoms with E-state index >= 15 is 0 Å². The molecular weight excluding hydrogens is 558 g/mol. The van der Waals surface area contributed by atoms with Gasteiger partial charge >= 0.3 is 0 Å². The van der Waals surface area contributed by atoms with Crippen LogP contribution in [0.2, 0.25) is 5.02 Å².